The van der Waals surface area contributed by atoms with Crippen molar-refractivity contribution in [1.29, 1.82) is 0 Å². The van der Waals surface area contributed by atoms with Gasteiger partial charge in [-0.05, 0) is 51.5 Å². The molecule has 2 rings (SSSR count). The highest BCUT2D eigenvalue weighted by Gasteiger charge is 2.49. The highest BCUT2D eigenvalue weighted by atomic mass is 16.5. The van der Waals surface area contributed by atoms with Gasteiger partial charge in [-0.2, -0.15) is 0 Å². The topological polar surface area (TPSA) is 35.5 Å². The number of benzene rings is 1. The van der Waals surface area contributed by atoms with Crippen molar-refractivity contribution in [1.82, 2.24) is 0 Å². The normalized spacial score (nSPS) is 22.8. The molecule has 0 spiro atoms. The van der Waals surface area contributed by atoms with Gasteiger partial charge in [0.15, 0.2) is 5.78 Å². The Bertz CT molecular complexity index is 521. The summed E-state index contributed by atoms with van der Waals surface area (Å²) in [6.07, 6.45) is 1.90. The molecule has 1 fully saturated rings. The summed E-state index contributed by atoms with van der Waals surface area (Å²) < 4.78 is 11.0. The Labute approximate surface area is 114 Å². The Kier molecular flexibility index (Phi) is 3.27. The minimum absolute atomic E-state index is 0.0494. The summed E-state index contributed by atoms with van der Waals surface area (Å²) >= 11 is 0. The molecule has 0 bridgehead atoms. The first-order valence-corrected chi connectivity index (χ1v) is 6.37. The quantitative estimate of drug-likeness (QED) is 0.766. The van der Waals surface area contributed by atoms with E-state index in [1.165, 1.54) is 0 Å². The summed E-state index contributed by atoms with van der Waals surface area (Å²) in [6.45, 7) is 7.47. The molecule has 1 saturated heterocycles. The molecule has 0 atom stereocenters. The highest BCUT2D eigenvalue weighted by Crippen LogP contribution is 2.39. The van der Waals surface area contributed by atoms with Crippen molar-refractivity contribution in [3.05, 3.63) is 35.4 Å². The summed E-state index contributed by atoms with van der Waals surface area (Å²) in [4.78, 5) is 12.4. The number of Topliss-reactive ketones (excluding diaryl/α,β-unsaturated/α-hetero) is 1. The molecule has 102 valence electrons. The van der Waals surface area contributed by atoms with Crippen LogP contribution >= 0.6 is 0 Å². The molecule has 0 radical (unpaired) electrons. The maximum absolute atomic E-state index is 12.4. The number of hydrogen-bond donors (Lipinski definition) is 0. The zero-order valence-corrected chi connectivity index (χ0v) is 12.1. The fraction of sp³-hybridized carbons (Fsp3) is 0.438. The SMILES string of the molecule is COc1ccc(C=C2C(=O)C(C)(C)OC2(C)C)cc1. The molecule has 1 aromatic rings. The summed E-state index contributed by atoms with van der Waals surface area (Å²) in [5.74, 6) is 0.851. The minimum Gasteiger partial charge on any atom is -0.497 e. The van der Waals surface area contributed by atoms with E-state index < -0.39 is 11.2 Å². The van der Waals surface area contributed by atoms with Gasteiger partial charge < -0.3 is 9.47 Å². The van der Waals surface area contributed by atoms with Crippen LogP contribution < -0.4 is 4.74 Å². The predicted molar refractivity (Wildman–Crippen MR) is 75.2 cm³/mol. The minimum atomic E-state index is -0.748. The van der Waals surface area contributed by atoms with Crippen molar-refractivity contribution in [3.63, 3.8) is 0 Å². The maximum Gasteiger partial charge on any atom is 0.192 e. The number of rotatable bonds is 2. The molecule has 1 aliphatic rings. The lowest BCUT2D eigenvalue weighted by Crippen LogP contribution is -2.29. The zero-order valence-electron chi connectivity index (χ0n) is 12.1. The van der Waals surface area contributed by atoms with E-state index in [0.29, 0.717) is 5.57 Å². The number of carbonyl (C=O) groups is 1. The maximum atomic E-state index is 12.4. The average molecular weight is 260 g/mol. The van der Waals surface area contributed by atoms with Gasteiger partial charge in [0, 0.05) is 5.57 Å². The van der Waals surface area contributed by atoms with Gasteiger partial charge in [-0.1, -0.05) is 12.1 Å². The van der Waals surface area contributed by atoms with Crippen molar-refractivity contribution in [2.45, 2.75) is 38.9 Å². The van der Waals surface area contributed by atoms with E-state index in [1.807, 2.05) is 58.0 Å². The van der Waals surface area contributed by atoms with E-state index in [-0.39, 0.29) is 5.78 Å². The third kappa shape index (κ3) is 2.56. The van der Waals surface area contributed by atoms with Gasteiger partial charge in [-0.25, -0.2) is 0 Å². The van der Waals surface area contributed by atoms with Crippen LogP contribution in [-0.4, -0.2) is 24.1 Å². The molecule has 0 saturated carbocycles. The van der Waals surface area contributed by atoms with E-state index in [0.717, 1.165) is 11.3 Å². The van der Waals surface area contributed by atoms with Gasteiger partial charge in [0.05, 0.1) is 12.7 Å². The number of ketones is 1. The van der Waals surface area contributed by atoms with Gasteiger partial charge in [0.25, 0.3) is 0 Å². The third-order valence-corrected chi connectivity index (χ3v) is 3.38. The first kappa shape index (κ1) is 13.8. The lowest BCUT2D eigenvalue weighted by molar-refractivity contribution is -0.132. The Balaban J connectivity index is 2.38. The van der Waals surface area contributed by atoms with Crippen LogP contribution in [0.15, 0.2) is 29.8 Å². The Hall–Kier alpha value is -1.61. The monoisotopic (exact) mass is 260 g/mol. The predicted octanol–water partition coefficient (Wildman–Crippen LogP) is 3.24. The molecule has 3 heteroatoms. The molecular weight excluding hydrogens is 240 g/mol. The number of ether oxygens (including phenoxy) is 2. The van der Waals surface area contributed by atoms with Crippen molar-refractivity contribution in [2.24, 2.45) is 0 Å². The first-order valence-electron chi connectivity index (χ1n) is 6.37. The van der Waals surface area contributed by atoms with Crippen LogP contribution in [-0.2, 0) is 9.53 Å². The second kappa shape index (κ2) is 4.49. The lowest BCUT2D eigenvalue weighted by Gasteiger charge is -2.22. The van der Waals surface area contributed by atoms with Crippen LogP contribution in [0.3, 0.4) is 0 Å². The average Bonchev–Trinajstić information content (AvgIpc) is 2.48. The lowest BCUT2D eigenvalue weighted by atomic mass is 9.91. The third-order valence-electron chi connectivity index (χ3n) is 3.38. The van der Waals surface area contributed by atoms with Crippen LogP contribution in [0.5, 0.6) is 5.75 Å². The Morgan fingerprint density at radius 3 is 2.05 bits per heavy atom. The van der Waals surface area contributed by atoms with Gasteiger partial charge in [-0.15, -0.1) is 0 Å². The molecular formula is C16H20O3. The molecule has 1 aliphatic heterocycles. The Morgan fingerprint density at radius 2 is 1.63 bits per heavy atom. The molecule has 1 aromatic carbocycles. The van der Waals surface area contributed by atoms with Gasteiger partial charge in [0.2, 0.25) is 0 Å². The van der Waals surface area contributed by atoms with E-state index >= 15 is 0 Å². The molecule has 0 aromatic heterocycles. The Morgan fingerprint density at radius 1 is 1.05 bits per heavy atom. The van der Waals surface area contributed by atoms with E-state index in [1.54, 1.807) is 7.11 Å². The van der Waals surface area contributed by atoms with Crippen LogP contribution in [0, 0.1) is 0 Å². The molecule has 1 heterocycles. The van der Waals surface area contributed by atoms with Crippen molar-refractivity contribution >= 4 is 11.9 Å². The van der Waals surface area contributed by atoms with E-state index in [9.17, 15) is 4.79 Å². The van der Waals surface area contributed by atoms with Gasteiger partial charge in [0.1, 0.15) is 11.4 Å². The summed E-state index contributed by atoms with van der Waals surface area (Å²) in [5.41, 5.74) is 0.378. The molecule has 0 amide bonds. The fourth-order valence-corrected chi connectivity index (χ4v) is 2.44. The van der Waals surface area contributed by atoms with Crippen molar-refractivity contribution in [2.75, 3.05) is 7.11 Å². The molecule has 0 N–H and O–H groups in total. The molecule has 19 heavy (non-hydrogen) atoms. The van der Waals surface area contributed by atoms with Crippen LogP contribution in [0.25, 0.3) is 6.08 Å². The first-order chi connectivity index (χ1) is 8.76. The number of methoxy groups -OCH3 is 1. The largest absolute Gasteiger partial charge is 0.497 e. The second-order valence-electron chi connectivity index (χ2n) is 5.78. The number of carbonyl (C=O) groups excluding carboxylic acids is 1. The van der Waals surface area contributed by atoms with Crippen LogP contribution in [0.2, 0.25) is 0 Å². The van der Waals surface area contributed by atoms with Crippen LogP contribution in [0.1, 0.15) is 33.3 Å². The summed E-state index contributed by atoms with van der Waals surface area (Å²) in [5, 5.41) is 0. The smallest absolute Gasteiger partial charge is 0.192 e. The van der Waals surface area contributed by atoms with Crippen molar-refractivity contribution in [3.8, 4) is 5.75 Å². The van der Waals surface area contributed by atoms with E-state index in [2.05, 4.69) is 0 Å². The van der Waals surface area contributed by atoms with Gasteiger partial charge in [-0.3, -0.25) is 4.79 Å². The summed E-state index contributed by atoms with van der Waals surface area (Å²) in [6, 6.07) is 7.62. The summed E-state index contributed by atoms with van der Waals surface area (Å²) in [7, 11) is 1.63. The molecule has 0 unspecified atom stereocenters. The standard InChI is InChI=1S/C16H20O3/c1-15(2)13(14(17)16(3,4)19-15)10-11-6-8-12(18-5)9-7-11/h6-10H,1-5H3. The van der Waals surface area contributed by atoms with Crippen LogP contribution in [0.4, 0.5) is 0 Å². The van der Waals surface area contributed by atoms with E-state index in [4.69, 9.17) is 9.47 Å². The number of hydrogen-bond acceptors (Lipinski definition) is 3. The zero-order chi connectivity index (χ0) is 14.3. The molecule has 3 nitrogen and oxygen atoms in total. The van der Waals surface area contributed by atoms with Gasteiger partial charge >= 0.3 is 0 Å². The highest BCUT2D eigenvalue weighted by molar-refractivity contribution is 6.08. The second-order valence-corrected chi connectivity index (χ2v) is 5.78. The van der Waals surface area contributed by atoms with Crippen molar-refractivity contribution < 1.29 is 14.3 Å². The fourth-order valence-electron chi connectivity index (χ4n) is 2.44. The molecule has 0 aliphatic carbocycles.